The van der Waals surface area contributed by atoms with Crippen LogP contribution < -0.4 is 4.90 Å². The summed E-state index contributed by atoms with van der Waals surface area (Å²) in [4.78, 5) is 22.0. The smallest absolute Gasteiger partial charge is 0.247 e. The van der Waals surface area contributed by atoms with E-state index in [1.807, 2.05) is 25.9 Å². The van der Waals surface area contributed by atoms with Gasteiger partial charge in [-0.2, -0.15) is 4.31 Å². The number of nitrogens with zero attached hydrogens (tertiary/aromatic N) is 4. The van der Waals surface area contributed by atoms with Crippen molar-refractivity contribution in [3.63, 3.8) is 0 Å². The van der Waals surface area contributed by atoms with E-state index in [2.05, 4.69) is 4.98 Å². The lowest BCUT2D eigenvalue weighted by molar-refractivity contribution is -0.121. The molecule has 1 atom stereocenters. The summed E-state index contributed by atoms with van der Waals surface area (Å²) < 4.78 is 42.4. The molecule has 1 saturated heterocycles. The van der Waals surface area contributed by atoms with E-state index in [9.17, 15) is 17.6 Å². The normalized spacial score (nSPS) is 17.2. The lowest BCUT2D eigenvalue weighted by Gasteiger charge is -2.29. The van der Waals surface area contributed by atoms with Crippen molar-refractivity contribution in [2.24, 2.45) is 0 Å². The highest BCUT2D eigenvalue weighted by atomic mass is 32.2. The lowest BCUT2D eigenvalue weighted by atomic mass is 10.2. The summed E-state index contributed by atoms with van der Waals surface area (Å²) in [5, 5.41) is 0.446. The molecule has 4 rings (SSSR count). The number of rotatable bonds is 7. The van der Waals surface area contributed by atoms with Crippen molar-refractivity contribution < 1.29 is 17.6 Å². The standard InChI is InChI=1S/C23H27FN4O3S2/c1-16-6-9-18(10-7-16)33(30,31)28-12-4-5-20(28)22(29)27(14-13-26(2)3)23-25-19-11-8-17(24)15-21(19)32-23/h6-11,15,20H,4-5,12-14H2,1-3H3. The predicted octanol–water partition coefficient (Wildman–Crippen LogP) is 3.49. The maximum atomic E-state index is 13.7. The van der Waals surface area contributed by atoms with Crippen LogP contribution in [0, 0.1) is 12.7 Å². The van der Waals surface area contributed by atoms with Gasteiger partial charge in [-0.1, -0.05) is 29.0 Å². The Labute approximate surface area is 197 Å². The molecule has 0 saturated carbocycles. The first-order valence-corrected chi connectivity index (χ1v) is 13.0. The summed E-state index contributed by atoms with van der Waals surface area (Å²) in [6.45, 7) is 3.11. The van der Waals surface area contributed by atoms with Crippen LogP contribution in [0.2, 0.25) is 0 Å². The topological polar surface area (TPSA) is 73.8 Å². The molecule has 7 nitrogen and oxygen atoms in total. The molecule has 10 heteroatoms. The fraction of sp³-hybridized carbons (Fsp3) is 0.391. The Morgan fingerprint density at radius 2 is 1.91 bits per heavy atom. The van der Waals surface area contributed by atoms with E-state index in [-0.39, 0.29) is 16.6 Å². The molecule has 0 spiro atoms. The first-order chi connectivity index (χ1) is 15.7. The molecule has 176 valence electrons. The molecule has 0 aliphatic carbocycles. The average molecular weight is 491 g/mol. The third kappa shape index (κ3) is 4.93. The number of sulfonamides is 1. The summed E-state index contributed by atoms with van der Waals surface area (Å²) in [6.07, 6.45) is 1.05. The van der Waals surface area contributed by atoms with Crippen LogP contribution in [-0.2, 0) is 14.8 Å². The van der Waals surface area contributed by atoms with Crippen molar-refractivity contribution in [3.05, 3.63) is 53.8 Å². The van der Waals surface area contributed by atoms with Gasteiger partial charge < -0.3 is 4.90 Å². The molecular formula is C23H27FN4O3S2. The number of aromatic nitrogens is 1. The van der Waals surface area contributed by atoms with E-state index < -0.39 is 16.1 Å². The van der Waals surface area contributed by atoms with E-state index >= 15 is 0 Å². The summed E-state index contributed by atoms with van der Waals surface area (Å²) in [6, 6.07) is 10.2. The Hall–Kier alpha value is -2.40. The molecule has 0 radical (unpaired) electrons. The Morgan fingerprint density at radius 1 is 1.18 bits per heavy atom. The zero-order valence-corrected chi connectivity index (χ0v) is 20.5. The minimum Gasteiger partial charge on any atom is -0.308 e. The number of benzene rings is 2. The number of carbonyl (C=O) groups is 1. The second kappa shape index (κ2) is 9.46. The van der Waals surface area contributed by atoms with Crippen LogP contribution in [0.3, 0.4) is 0 Å². The second-order valence-corrected chi connectivity index (χ2v) is 11.4. The molecule has 1 aliphatic rings. The average Bonchev–Trinajstić information content (AvgIpc) is 3.41. The van der Waals surface area contributed by atoms with Gasteiger partial charge in [0.15, 0.2) is 5.13 Å². The van der Waals surface area contributed by atoms with E-state index in [1.54, 1.807) is 35.2 Å². The van der Waals surface area contributed by atoms with Crippen LogP contribution in [0.15, 0.2) is 47.4 Å². The van der Waals surface area contributed by atoms with Gasteiger partial charge in [-0.25, -0.2) is 17.8 Å². The number of anilines is 1. The van der Waals surface area contributed by atoms with Gasteiger partial charge in [0.25, 0.3) is 0 Å². The SMILES string of the molecule is Cc1ccc(S(=O)(=O)N2CCCC2C(=O)N(CCN(C)C)c2nc3ccc(F)cc3s2)cc1. The quantitative estimate of drug-likeness (QED) is 0.507. The minimum atomic E-state index is -3.82. The van der Waals surface area contributed by atoms with Gasteiger partial charge in [0.1, 0.15) is 11.9 Å². The van der Waals surface area contributed by atoms with Crippen LogP contribution in [0.4, 0.5) is 9.52 Å². The highest BCUT2D eigenvalue weighted by Crippen LogP contribution is 2.33. The maximum Gasteiger partial charge on any atom is 0.247 e. The van der Waals surface area contributed by atoms with Gasteiger partial charge >= 0.3 is 0 Å². The van der Waals surface area contributed by atoms with Crippen molar-refractivity contribution in [2.75, 3.05) is 38.6 Å². The molecule has 0 bridgehead atoms. The van der Waals surface area contributed by atoms with Crippen LogP contribution in [0.1, 0.15) is 18.4 Å². The predicted molar refractivity (Wildman–Crippen MR) is 129 cm³/mol. The fourth-order valence-corrected chi connectivity index (χ4v) is 6.57. The molecule has 1 aliphatic heterocycles. The summed E-state index contributed by atoms with van der Waals surface area (Å²) in [7, 11) is -0.0123. The van der Waals surface area contributed by atoms with Crippen molar-refractivity contribution in [2.45, 2.75) is 30.7 Å². The minimum absolute atomic E-state index is 0.183. The van der Waals surface area contributed by atoms with Crippen molar-refractivity contribution in [1.82, 2.24) is 14.2 Å². The molecule has 2 heterocycles. The maximum absolute atomic E-state index is 13.7. The largest absolute Gasteiger partial charge is 0.308 e. The number of hydrogen-bond acceptors (Lipinski definition) is 6. The first kappa shape index (κ1) is 23.7. The van der Waals surface area contributed by atoms with Crippen molar-refractivity contribution in [3.8, 4) is 0 Å². The first-order valence-electron chi connectivity index (χ1n) is 10.8. The van der Waals surface area contributed by atoms with E-state index in [0.717, 1.165) is 5.56 Å². The molecular weight excluding hydrogens is 463 g/mol. The zero-order chi connectivity index (χ0) is 23.8. The highest BCUT2D eigenvalue weighted by Gasteiger charge is 2.42. The second-order valence-electron chi connectivity index (χ2n) is 8.49. The summed E-state index contributed by atoms with van der Waals surface area (Å²) in [5.41, 5.74) is 1.57. The van der Waals surface area contributed by atoms with Gasteiger partial charge in [0, 0.05) is 19.6 Å². The van der Waals surface area contributed by atoms with Gasteiger partial charge in [0.2, 0.25) is 15.9 Å². The number of hydrogen-bond donors (Lipinski definition) is 0. The van der Waals surface area contributed by atoms with Crippen LogP contribution in [0.5, 0.6) is 0 Å². The molecule has 1 aromatic heterocycles. The molecule has 2 aromatic carbocycles. The van der Waals surface area contributed by atoms with Gasteiger partial charge in [-0.05, 0) is 64.2 Å². The Bertz CT molecular complexity index is 1260. The summed E-state index contributed by atoms with van der Waals surface area (Å²) >= 11 is 1.23. The molecule has 0 N–H and O–H groups in total. The Balaban J connectivity index is 1.67. The number of fused-ring (bicyclic) bond motifs is 1. The number of likely N-dealkylation sites (N-methyl/N-ethyl adjacent to an activating group) is 1. The van der Waals surface area contributed by atoms with E-state index in [4.69, 9.17) is 0 Å². The van der Waals surface area contributed by atoms with Gasteiger partial charge in [-0.15, -0.1) is 0 Å². The monoisotopic (exact) mass is 490 g/mol. The third-order valence-corrected chi connectivity index (χ3v) is 8.69. The van der Waals surface area contributed by atoms with E-state index in [1.165, 1.54) is 27.8 Å². The Morgan fingerprint density at radius 3 is 2.61 bits per heavy atom. The Kier molecular flexibility index (Phi) is 6.81. The van der Waals surface area contributed by atoms with Gasteiger partial charge in [0.05, 0.1) is 15.1 Å². The molecule has 33 heavy (non-hydrogen) atoms. The molecule has 1 amide bonds. The zero-order valence-electron chi connectivity index (χ0n) is 18.9. The number of amides is 1. The molecule has 3 aromatic rings. The highest BCUT2D eigenvalue weighted by molar-refractivity contribution is 7.89. The van der Waals surface area contributed by atoms with Crippen LogP contribution in [0.25, 0.3) is 10.2 Å². The van der Waals surface area contributed by atoms with Crippen molar-refractivity contribution in [1.29, 1.82) is 0 Å². The number of thiazole rings is 1. The fourth-order valence-electron chi connectivity index (χ4n) is 3.90. The molecule has 1 fully saturated rings. The van der Waals surface area contributed by atoms with Crippen molar-refractivity contribution >= 4 is 42.6 Å². The van der Waals surface area contributed by atoms with Crippen LogP contribution in [-0.4, -0.2) is 68.3 Å². The van der Waals surface area contributed by atoms with Crippen LogP contribution >= 0.6 is 11.3 Å². The number of carbonyl (C=O) groups excluding carboxylic acids is 1. The van der Waals surface area contributed by atoms with E-state index in [0.29, 0.717) is 47.8 Å². The van der Waals surface area contributed by atoms with Gasteiger partial charge in [-0.3, -0.25) is 9.69 Å². The lowest BCUT2D eigenvalue weighted by Crippen LogP contribution is -2.49. The molecule has 1 unspecified atom stereocenters. The number of halogens is 1. The number of aryl methyl sites for hydroxylation is 1. The third-order valence-electron chi connectivity index (χ3n) is 5.72. The summed E-state index contributed by atoms with van der Waals surface area (Å²) in [5.74, 6) is -0.667.